The second-order valence-electron chi connectivity index (χ2n) is 3.95. The Morgan fingerprint density at radius 3 is 2.64 bits per heavy atom. The van der Waals surface area contributed by atoms with Gasteiger partial charge in [0.2, 0.25) is 0 Å². The first-order valence-corrected chi connectivity index (χ1v) is 6.53. The lowest BCUT2D eigenvalue weighted by Gasteiger charge is -2.11. The van der Waals surface area contributed by atoms with Crippen molar-refractivity contribution in [2.45, 2.75) is 6.92 Å². The molecule has 22 heavy (non-hydrogen) atoms. The van der Waals surface area contributed by atoms with Gasteiger partial charge in [0.25, 0.3) is 5.91 Å². The number of benzene rings is 1. The van der Waals surface area contributed by atoms with Gasteiger partial charge in [0.05, 0.1) is 18.7 Å². The topological polar surface area (TPSA) is 114 Å². The molecular formula is C14H14ClN3O4. The van der Waals surface area contributed by atoms with E-state index in [1.807, 2.05) is 0 Å². The Balaban J connectivity index is 3.27. The van der Waals surface area contributed by atoms with E-state index in [1.54, 1.807) is 18.3 Å². The molecule has 116 valence electrons. The van der Waals surface area contributed by atoms with Gasteiger partial charge in [-0.2, -0.15) is 5.26 Å². The summed E-state index contributed by atoms with van der Waals surface area (Å²) in [4.78, 5) is 22.3. The quantitative estimate of drug-likeness (QED) is 0.634. The van der Waals surface area contributed by atoms with E-state index in [0.717, 1.165) is 0 Å². The molecule has 0 saturated carbocycles. The Hall–Kier alpha value is -2.72. The second-order valence-corrected chi connectivity index (χ2v) is 4.35. The van der Waals surface area contributed by atoms with Crippen LogP contribution >= 0.6 is 11.6 Å². The molecular weight excluding hydrogens is 310 g/mol. The summed E-state index contributed by atoms with van der Waals surface area (Å²) >= 11 is 6.08. The zero-order chi connectivity index (χ0) is 16.7. The molecule has 0 aliphatic heterocycles. The van der Waals surface area contributed by atoms with Crippen LogP contribution in [-0.4, -0.2) is 25.7 Å². The number of nitrogens with zero attached hydrogens (tertiary/aromatic N) is 1. The minimum atomic E-state index is -1.05. The van der Waals surface area contributed by atoms with E-state index in [4.69, 9.17) is 32.1 Å². The lowest BCUT2D eigenvalue weighted by atomic mass is 10.1. The highest BCUT2D eigenvalue weighted by molar-refractivity contribution is 6.32. The van der Waals surface area contributed by atoms with E-state index < -0.39 is 11.9 Å². The third kappa shape index (κ3) is 4.40. The van der Waals surface area contributed by atoms with Crippen LogP contribution in [0.3, 0.4) is 0 Å². The zero-order valence-electron chi connectivity index (χ0n) is 12.0. The van der Waals surface area contributed by atoms with Crippen molar-refractivity contribution in [1.82, 2.24) is 5.32 Å². The molecule has 1 aromatic rings. The summed E-state index contributed by atoms with van der Waals surface area (Å²) in [5, 5.41) is 11.1. The number of nitrogens with two attached hydrogens (primary N) is 1. The molecule has 7 nitrogen and oxygen atoms in total. The third-order valence-electron chi connectivity index (χ3n) is 2.48. The van der Waals surface area contributed by atoms with Crippen molar-refractivity contribution in [2.24, 2.45) is 5.73 Å². The number of nitrogens with one attached hydrogen (secondary N) is 1. The van der Waals surface area contributed by atoms with Gasteiger partial charge in [-0.3, -0.25) is 10.1 Å². The first-order valence-electron chi connectivity index (χ1n) is 6.15. The number of carbonyl (C=O) groups is 2. The Morgan fingerprint density at radius 1 is 1.45 bits per heavy atom. The summed E-state index contributed by atoms with van der Waals surface area (Å²) in [6.45, 7) is 2.19. The molecule has 0 saturated heterocycles. The number of amides is 3. The fraction of sp³-hybridized carbons (Fsp3) is 0.214. The molecule has 0 aromatic heterocycles. The smallest absolute Gasteiger partial charge is 0.319 e. The van der Waals surface area contributed by atoms with E-state index >= 15 is 0 Å². The van der Waals surface area contributed by atoms with Crippen molar-refractivity contribution in [3.05, 3.63) is 28.3 Å². The molecule has 0 bridgehead atoms. The van der Waals surface area contributed by atoms with Crippen LogP contribution in [0.1, 0.15) is 12.5 Å². The van der Waals surface area contributed by atoms with Crippen LogP contribution in [0, 0.1) is 11.3 Å². The number of nitriles is 1. The summed E-state index contributed by atoms with van der Waals surface area (Å²) in [7, 11) is 1.46. The standard InChI is InChI=1S/C14H14ClN3O4/c1-3-22-12-5-8(10(15)6-11(12)21-2)4-9(7-16)13(19)18-14(17)20/h4-6H,3H2,1-2H3,(H3,17,18,19,20)/b9-4-. The highest BCUT2D eigenvalue weighted by atomic mass is 35.5. The van der Waals surface area contributed by atoms with Gasteiger partial charge in [-0.25, -0.2) is 4.79 Å². The molecule has 0 atom stereocenters. The van der Waals surface area contributed by atoms with E-state index in [1.165, 1.54) is 25.3 Å². The van der Waals surface area contributed by atoms with E-state index in [9.17, 15) is 9.59 Å². The first-order chi connectivity index (χ1) is 10.4. The van der Waals surface area contributed by atoms with Crippen molar-refractivity contribution in [2.75, 3.05) is 13.7 Å². The van der Waals surface area contributed by atoms with Crippen LogP contribution in [0.2, 0.25) is 5.02 Å². The lowest BCUT2D eigenvalue weighted by molar-refractivity contribution is -0.115. The second kappa shape index (κ2) is 7.90. The Kier molecular flexibility index (Phi) is 6.23. The molecule has 3 amide bonds. The number of rotatable bonds is 5. The molecule has 1 rings (SSSR count). The van der Waals surface area contributed by atoms with Crippen molar-refractivity contribution >= 4 is 29.6 Å². The van der Waals surface area contributed by atoms with Crippen LogP contribution in [0.25, 0.3) is 6.08 Å². The molecule has 3 N–H and O–H groups in total. The van der Waals surface area contributed by atoms with Crippen LogP contribution in [0.15, 0.2) is 17.7 Å². The first kappa shape index (κ1) is 17.3. The molecule has 1 aromatic carbocycles. The number of hydrogen-bond acceptors (Lipinski definition) is 5. The minimum absolute atomic E-state index is 0.250. The number of methoxy groups -OCH3 is 1. The Labute approximate surface area is 132 Å². The number of imide groups is 1. The van der Waals surface area contributed by atoms with E-state index in [0.29, 0.717) is 23.7 Å². The maximum atomic E-state index is 11.6. The predicted molar refractivity (Wildman–Crippen MR) is 80.5 cm³/mol. The maximum absolute atomic E-state index is 11.6. The predicted octanol–water partition coefficient (Wildman–Crippen LogP) is 1.85. The summed E-state index contributed by atoms with van der Waals surface area (Å²) < 4.78 is 10.5. The number of hydrogen-bond donors (Lipinski definition) is 2. The Morgan fingerprint density at radius 2 is 2.14 bits per heavy atom. The monoisotopic (exact) mass is 323 g/mol. The molecule has 0 fully saturated rings. The summed E-state index contributed by atoms with van der Waals surface area (Å²) in [6.07, 6.45) is 1.22. The number of primary amides is 1. The van der Waals surface area contributed by atoms with Gasteiger partial charge in [0.1, 0.15) is 11.6 Å². The average molecular weight is 324 g/mol. The normalized spacial score (nSPS) is 10.5. The van der Waals surface area contributed by atoms with Crippen molar-refractivity contribution in [3.63, 3.8) is 0 Å². The van der Waals surface area contributed by atoms with Gasteiger partial charge in [-0.05, 0) is 24.6 Å². The molecule has 8 heteroatoms. The number of halogens is 1. The fourth-order valence-corrected chi connectivity index (χ4v) is 1.78. The van der Waals surface area contributed by atoms with Crippen molar-refractivity contribution in [1.29, 1.82) is 5.26 Å². The van der Waals surface area contributed by atoms with Crippen molar-refractivity contribution < 1.29 is 19.1 Å². The average Bonchev–Trinajstić information content (AvgIpc) is 2.46. The molecule has 0 spiro atoms. The van der Waals surface area contributed by atoms with Crippen molar-refractivity contribution in [3.8, 4) is 17.6 Å². The van der Waals surface area contributed by atoms with Gasteiger partial charge >= 0.3 is 6.03 Å². The van der Waals surface area contributed by atoms with Crippen LogP contribution < -0.4 is 20.5 Å². The number of urea groups is 1. The van der Waals surface area contributed by atoms with Gasteiger partial charge in [-0.1, -0.05) is 11.6 Å². The minimum Gasteiger partial charge on any atom is -0.493 e. The van der Waals surface area contributed by atoms with Gasteiger partial charge in [0, 0.05) is 6.07 Å². The third-order valence-corrected chi connectivity index (χ3v) is 2.81. The fourth-order valence-electron chi connectivity index (χ4n) is 1.57. The lowest BCUT2D eigenvalue weighted by Crippen LogP contribution is -2.35. The van der Waals surface area contributed by atoms with Gasteiger partial charge < -0.3 is 15.2 Å². The molecule has 0 aliphatic rings. The summed E-state index contributed by atoms with van der Waals surface area (Å²) in [6, 6.07) is 3.65. The number of carbonyl (C=O) groups excluding carboxylic acids is 2. The number of ether oxygens (including phenoxy) is 2. The van der Waals surface area contributed by atoms with E-state index in [-0.39, 0.29) is 10.6 Å². The zero-order valence-corrected chi connectivity index (χ0v) is 12.7. The SMILES string of the molecule is CCOc1cc(/C=C(/C#N)C(=O)NC(N)=O)c(Cl)cc1OC. The molecule has 0 heterocycles. The van der Waals surface area contributed by atoms with Crippen LogP contribution in [-0.2, 0) is 4.79 Å². The molecule has 0 unspecified atom stereocenters. The van der Waals surface area contributed by atoms with E-state index in [2.05, 4.69) is 0 Å². The maximum Gasteiger partial charge on any atom is 0.319 e. The van der Waals surface area contributed by atoms with Gasteiger partial charge in [0.15, 0.2) is 11.5 Å². The largest absolute Gasteiger partial charge is 0.493 e. The Bertz CT molecular complexity index is 665. The summed E-state index contributed by atoms with van der Waals surface area (Å²) in [5.41, 5.74) is 4.88. The van der Waals surface area contributed by atoms with Crippen LogP contribution in [0.4, 0.5) is 4.79 Å². The summed E-state index contributed by atoms with van der Waals surface area (Å²) in [5.74, 6) is -0.0859. The van der Waals surface area contributed by atoms with Gasteiger partial charge in [-0.15, -0.1) is 0 Å². The highest BCUT2D eigenvalue weighted by Gasteiger charge is 2.14. The molecule has 0 radical (unpaired) electrons. The van der Waals surface area contributed by atoms with Crippen LogP contribution in [0.5, 0.6) is 11.5 Å². The molecule has 0 aliphatic carbocycles. The highest BCUT2D eigenvalue weighted by Crippen LogP contribution is 2.34.